The zero-order valence-electron chi connectivity index (χ0n) is 8.08. The quantitative estimate of drug-likeness (QED) is 0.677. The monoisotopic (exact) mass is 265 g/mol. The minimum absolute atomic E-state index is 0.410. The summed E-state index contributed by atoms with van der Waals surface area (Å²) in [7, 11) is 0. The molecule has 1 atom stereocenters. The summed E-state index contributed by atoms with van der Waals surface area (Å²) in [6.45, 7) is 1.91. The van der Waals surface area contributed by atoms with E-state index in [1.165, 1.54) is 0 Å². The molecule has 1 aromatic rings. The maximum Gasteiger partial charge on any atom is 0.339 e. The molecule has 0 bridgehead atoms. The summed E-state index contributed by atoms with van der Waals surface area (Å²) in [6.07, 6.45) is -0.206. The highest BCUT2D eigenvalue weighted by Gasteiger charge is 2.27. The molecule has 3 nitrogen and oxygen atoms in total. The number of cyclic esters (lactones) is 1. The Hall–Kier alpha value is -1.34. The normalized spacial score (nSPS) is 19.0. The first-order valence-corrected chi connectivity index (χ1v) is 5.30. The number of carbonyl (C=O) groups is 1. The molecule has 0 saturated heterocycles. The summed E-state index contributed by atoms with van der Waals surface area (Å²) >= 11 is 3.40. The van der Waals surface area contributed by atoms with Crippen molar-refractivity contribution in [1.29, 1.82) is 5.26 Å². The van der Waals surface area contributed by atoms with Crippen LogP contribution in [-0.4, -0.2) is 12.1 Å². The number of hydrogen-bond acceptors (Lipinski definition) is 3. The summed E-state index contributed by atoms with van der Waals surface area (Å²) in [4.78, 5) is 11.6. The van der Waals surface area contributed by atoms with Crippen LogP contribution in [0.4, 0.5) is 0 Å². The Morgan fingerprint density at radius 1 is 1.60 bits per heavy atom. The van der Waals surface area contributed by atoms with Gasteiger partial charge in [0.1, 0.15) is 6.07 Å². The van der Waals surface area contributed by atoms with E-state index < -0.39 is 12.1 Å². The molecule has 1 aliphatic heterocycles. The SMILES string of the molecule is Cc1cc(Br)c2c(c1)C(=O)OC(C#N)C2. The zero-order valence-corrected chi connectivity index (χ0v) is 9.67. The molecule has 0 radical (unpaired) electrons. The Bertz CT molecular complexity index is 476. The lowest BCUT2D eigenvalue weighted by Crippen LogP contribution is -2.26. The molecular weight excluding hydrogens is 258 g/mol. The topological polar surface area (TPSA) is 50.1 Å². The minimum Gasteiger partial charge on any atom is -0.443 e. The predicted molar refractivity (Wildman–Crippen MR) is 57.4 cm³/mol. The average Bonchev–Trinajstić information content (AvgIpc) is 2.19. The van der Waals surface area contributed by atoms with Gasteiger partial charge in [0, 0.05) is 10.9 Å². The maximum atomic E-state index is 11.6. The summed E-state index contributed by atoms with van der Waals surface area (Å²) in [5.41, 5.74) is 2.42. The molecule has 0 saturated carbocycles. The number of fused-ring (bicyclic) bond motifs is 1. The van der Waals surface area contributed by atoms with Gasteiger partial charge in [-0.15, -0.1) is 0 Å². The summed E-state index contributed by atoms with van der Waals surface area (Å²) in [6, 6.07) is 5.68. The summed E-state index contributed by atoms with van der Waals surface area (Å²) < 4.78 is 5.82. The van der Waals surface area contributed by atoms with Crippen LogP contribution in [0.25, 0.3) is 0 Å². The van der Waals surface area contributed by atoms with Gasteiger partial charge in [0.15, 0.2) is 6.10 Å². The fourth-order valence-electron chi connectivity index (χ4n) is 1.65. The summed E-state index contributed by atoms with van der Waals surface area (Å²) in [5.74, 6) is -0.410. The van der Waals surface area contributed by atoms with E-state index in [0.717, 1.165) is 15.6 Å². The van der Waals surface area contributed by atoms with E-state index in [1.807, 2.05) is 19.1 Å². The van der Waals surface area contributed by atoms with Crippen molar-refractivity contribution in [3.63, 3.8) is 0 Å². The Balaban J connectivity index is 2.56. The molecule has 4 heteroatoms. The number of rotatable bonds is 0. The summed E-state index contributed by atoms with van der Waals surface area (Å²) in [5, 5.41) is 8.74. The number of benzene rings is 1. The van der Waals surface area contributed by atoms with Crippen LogP contribution in [0.15, 0.2) is 16.6 Å². The van der Waals surface area contributed by atoms with Crippen molar-refractivity contribution in [2.45, 2.75) is 19.4 Å². The van der Waals surface area contributed by atoms with Gasteiger partial charge in [-0.2, -0.15) is 5.26 Å². The maximum absolute atomic E-state index is 11.6. The number of aryl methyl sites for hydroxylation is 1. The molecule has 0 spiro atoms. The number of nitrogens with zero attached hydrogens (tertiary/aromatic N) is 1. The number of carbonyl (C=O) groups excluding carboxylic acids is 1. The number of halogens is 1. The van der Waals surface area contributed by atoms with E-state index >= 15 is 0 Å². The molecule has 0 aromatic heterocycles. The first-order chi connectivity index (χ1) is 7.11. The van der Waals surface area contributed by atoms with E-state index in [-0.39, 0.29) is 0 Å². The van der Waals surface area contributed by atoms with Crippen molar-refractivity contribution in [2.75, 3.05) is 0 Å². The molecule has 0 amide bonds. The van der Waals surface area contributed by atoms with E-state index in [1.54, 1.807) is 6.07 Å². The third-order valence-electron chi connectivity index (χ3n) is 2.34. The van der Waals surface area contributed by atoms with E-state index in [4.69, 9.17) is 10.00 Å². The molecular formula is C11H8BrNO2. The van der Waals surface area contributed by atoms with Crippen LogP contribution < -0.4 is 0 Å². The van der Waals surface area contributed by atoms with Gasteiger partial charge >= 0.3 is 5.97 Å². The second kappa shape index (κ2) is 3.67. The number of esters is 1. The lowest BCUT2D eigenvalue weighted by molar-refractivity contribution is 0.0370. The zero-order chi connectivity index (χ0) is 11.0. The van der Waals surface area contributed by atoms with E-state index in [0.29, 0.717) is 12.0 Å². The number of ether oxygens (including phenoxy) is 1. The second-order valence-electron chi connectivity index (χ2n) is 3.50. The Morgan fingerprint density at radius 3 is 3.00 bits per heavy atom. The van der Waals surface area contributed by atoms with Crippen molar-refractivity contribution in [1.82, 2.24) is 0 Å². The molecule has 15 heavy (non-hydrogen) atoms. The second-order valence-corrected chi connectivity index (χ2v) is 4.35. The Labute approximate surface area is 95.8 Å². The van der Waals surface area contributed by atoms with Crippen LogP contribution in [0.1, 0.15) is 21.5 Å². The molecule has 0 N–H and O–H groups in total. The van der Waals surface area contributed by atoms with Crippen molar-refractivity contribution in [3.05, 3.63) is 33.3 Å². The van der Waals surface area contributed by atoms with Gasteiger partial charge in [-0.25, -0.2) is 4.79 Å². The van der Waals surface area contributed by atoms with Crippen molar-refractivity contribution in [2.24, 2.45) is 0 Å². The van der Waals surface area contributed by atoms with Gasteiger partial charge in [-0.05, 0) is 30.2 Å². The van der Waals surface area contributed by atoms with Crippen LogP contribution in [0, 0.1) is 18.3 Å². The van der Waals surface area contributed by atoms with Crippen molar-refractivity contribution < 1.29 is 9.53 Å². The van der Waals surface area contributed by atoms with Gasteiger partial charge in [-0.3, -0.25) is 0 Å². The number of nitriles is 1. The molecule has 2 rings (SSSR count). The highest BCUT2D eigenvalue weighted by molar-refractivity contribution is 9.10. The molecule has 1 heterocycles. The fraction of sp³-hybridized carbons (Fsp3) is 0.273. The predicted octanol–water partition coefficient (Wildman–Crippen LogP) is 2.36. The van der Waals surface area contributed by atoms with Crippen LogP contribution in [0.3, 0.4) is 0 Å². The molecule has 1 aliphatic rings. The van der Waals surface area contributed by atoms with E-state index in [9.17, 15) is 4.79 Å². The van der Waals surface area contributed by atoms with Gasteiger partial charge in [0.2, 0.25) is 0 Å². The van der Waals surface area contributed by atoms with Crippen molar-refractivity contribution >= 4 is 21.9 Å². The molecule has 1 unspecified atom stereocenters. The third kappa shape index (κ3) is 1.75. The number of hydrogen-bond donors (Lipinski definition) is 0. The fourth-order valence-corrected chi connectivity index (χ4v) is 2.39. The molecule has 0 fully saturated rings. The highest BCUT2D eigenvalue weighted by atomic mass is 79.9. The standard InChI is InChI=1S/C11H8BrNO2/c1-6-2-9-8(10(12)3-6)4-7(5-13)15-11(9)14/h2-3,7H,4H2,1H3. The van der Waals surface area contributed by atoms with Crippen molar-refractivity contribution in [3.8, 4) is 6.07 Å². The van der Waals surface area contributed by atoms with Gasteiger partial charge in [0.05, 0.1) is 5.56 Å². The van der Waals surface area contributed by atoms with Gasteiger partial charge in [0.25, 0.3) is 0 Å². The average molecular weight is 266 g/mol. The van der Waals surface area contributed by atoms with E-state index in [2.05, 4.69) is 15.9 Å². The third-order valence-corrected chi connectivity index (χ3v) is 3.05. The highest BCUT2D eigenvalue weighted by Crippen LogP contribution is 2.28. The molecule has 0 aliphatic carbocycles. The lowest BCUT2D eigenvalue weighted by atomic mass is 9.97. The first-order valence-electron chi connectivity index (χ1n) is 4.51. The van der Waals surface area contributed by atoms with Crippen LogP contribution in [0.2, 0.25) is 0 Å². The van der Waals surface area contributed by atoms with Crippen LogP contribution >= 0.6 is 15.9 Å². The minimum atomic E-state index is -0.663. The van der Waals surface area contributed by atoms with Crippen LogP contribution in [0.5, 0.6) is 0 Å². The van der Waals surface area contributed by atoms with Gasteiger partial charge in [-0.1, -0.05) is 15.9 Å². The first kappa shape index (κ1) is 10.2. The lowest BCUT2D eigenvalue weighted by Gasteiger charge is -2.21. The van der Waals surface area contributed by atoms with Gasteiger partial charge < -0.3 is 4.74 Å². The largest absolute Gasteiger partial charge is 0.443 e. The Kier molecular flexibility index (Phi) is 2.49. The Morgan fingerprint density at radius 2 is 2.33 bits per heavy atom. The van der Waals surface area contributed by atoms with Crippen LogP contribution in [-0.2, 0) is 11.2 Å². The molecule has 76 valence electrons. The smallest absolute Gasteiger partial charge is 0.339 e. The molecule has 1 aromatic carbocycles.